The average Bonchev–Trinajstić information content (AvgIpc) is 2.86. The highest BCUT2D eigenvalue weighted by Crippen LogP contribution is 2.22. The Morgan fingerprint density at radius 1 is 1.35 bits per heavy atom. The lowest BCUT2D eigenvalue weighted by molar-refractivity contribution is -0.145. The van der Waals surface area contributed by atoms with Gasteiger partial charge in [-0.15, -0.1) is 0 Å². The van der Waals surface area contributed by atoms with E-state index in [-0.39, 0.29) is 19.6 Å². The number of hydrogen-bond acceptors (Lipinski definition) is 6. The second kappa shape index (κ2) is 7.85. The fraction of sp³-hybridized carbons (Fsp3) is 0.667. The van der Waals surface area contributed by atoms with E-state index >= 15 is 0 Å². The van der Waals surface area contributed by atoms with Gasteiger partial charge in [0.1, 0.15) is 18.2 Å². The van der Waals surface area contributed by atoms with Crippen LogP contribution >= 0.6 is 0 Å². The first kappa shape index (κ1) is 18.8. The third kappa shape index (κ3) is 5.80. The number of methoxy groups -OCH3 is 1. The number of nitrogens with one attached hydrogen (secondary N) is 1. The minimum absolute atomic E-state index is 0.0781. The first-order valence-corrected chi connectivity index (χ1v) is 7.29. The lowest BCUT2D eigenvalue weighted by atomic mass is 10.2. The molecule has 8 nitrogen and oxygen atoms in total. The Morgan fingerprint density at radius 3 is 2.52 bits per heavy atom. The van der Waals surface area contributed by atoms with Gasteiger partial charge in [-0.1, -0.05) is 12.7 Å². The number of rotatable bonds is 4. The molecule has 1 saturated heterocycles. The zero-order chi connectivity index (χ0) is 17.6. The molecular weight excluding hydrogens is 304 g/mol. The zero-order valence-electron chi connectivity index (χ0n) is 14.0. The summed E-state index contributed by atoms with van der Waals surface area (Å²) < 4.78 is 14.8. The van der Waals surface area contributed by atoms with Gasteiger partial charge in [-0.05, 0) is 20.8 Å². The van der Waals surface area contributed by atoms with Crippen LogP contribution in [0.2, 0.25) is 0 Å². The first-order valence-electron chi connectivity index (χ1n) is 7.29. The molecule has 1 fully saturated rings. The first-order chi connectivity index (χ1) is 10.7. The molecule has 1 heterocycles. The Morgan fingerprint density at radius 2 is 2.00 bits per heavy atom. The molecule has 0 bridgehead atoms. The molecule has 2 unspecified atom stereocenters. The van der Waals surface area contributed by atoms with Crippen LogP contribution in [-0.2, 0) is 19.0 Å². The summed E-state index contributed by atoms with van der Waals surface area (Å²) in [6.45, 7) is 8.86. The smallest absolute Gasteiger partial charge is 0.411 e. The van der Waals surface area contributed by atoms with Crippen molar-refractivity contribution in [1.82, 2.24) is 10.2 Å². The molecular formula is C15H24N2O6. The maximum atomic E-state index is 12.2. The summed E-state index contributed by atoms with van der Waals surface area (Å²) in [4.78, 5) is 36.9. The average molecular weight is 328 g/mol. The Labute approximate surface area is 135 Å². The van der Waals surface area contributed by atoms with Gasteiger partial charge in [-0.2, -0.15) is 0 Å². The van der Waals surface area contributed by atoms with Crippen LogP contribution in [0.15, 0.2) is 12.7 Å². The molecule has 130 valence electrons. The van der Waals surface area contributed by atoms with Crippen molar-refractivity contribution in [3.8, 4) is 0 Å². The minimum Gasteiger partial charge on any atom is -0.467 e. The molecule has 0 aliphatic carbocycles. The van der Waals surface area contributed by atoms with E-state index in [1.807, 2.05) is 0 Å². The van der Waals surface area contributed by atoms with E-state index in [1.54, 1.807) is 20.8 Å². The Balaban J connectivity index is 2.74. The van der Waals surface area contributed by atoms with Gasteiger partial charge in [0.2, 0.25) is 0 Å². The molecule has 0 radical (unpaired) electrons. The largest absolute Gasteiger partial charge is 0.467 e. The summed E-state index contributed by atoms with van der Waals surface area (Å²) in [6.07, 6.45) is 0.411. The molecule has 1 rings (SSSR count). The lowest BCUT2D eigenvalue weighted by Crippen LogP contribution is -2.44. The third-order valence-corrected chi connectivity index (χ3v) is 3.06. The molecule has 0 aromatic heterocycles. The molecule has 2 amide bonds. The Hall–Kier alpha value is -2.25. The van der Waals surface area contributed by atoms with Gasteiger partial charge in [-0.25, -0.2) is 14.4 Å². The normalized spacial score (nSPS) is 20.6. The standard InChI is InChI=1S/C15H24N2O6/c1-6-7-22-13(19)16-10-8-11(12(18)21-5)17(9-10)14(20)23-15(2,3)4/h6,10-11H,1,7-9H2,2-5H3,(H,16,19). The van der Waals surface area contributed by atoms with Crippen LogP contribution in [0.5, 0.6) is 0 Å². The number of carbonyl (C=O) groups is 3. The van der Waals surface area contributed by atoms with Crippen molar-refractivity contribution in [3.63, 3.8) is 0 Å². The molecule has 0 saturated carbocycles. The van der Waals surface area contributed by atoms with Crippen LogP contribution in [-0.4, -0.2) is 61.0 Å². The molecule has 0 aromatic carbocycles. The predicted octanol–water partition coefficient (Wildman–Crippen LogP) is 1.45. The molecule has 23 heavy (non-hydrogen) atoms. The molecule has 2 atom stereocenters. The second-order valence-electron chi connectivity index (χ2n) is 6.14. The Kier molecular flexibility index (Phi) is 6.41. The highest BCUT2D eigenvalue weighted by Gasteiger charge is 2.42. The molecule has 1 aliphatic heterocycles. The molecule has 1 N–H and O–H groups in total. The zero-order valence-corrected chi connectivity index (χ0v) is 14.0. The van der Waals surface area contributed by atoms with Gasteiger partial charge in [0, 0.05) is 13.0 Å². The SMILES string of the molecule is C=CCOC(=O)NC1CC(C(=O)OC)N(C(=O)OC(C)(C)C)C1. The topological polar surface area (TPSA) is 94.2 Å². The van der Waals surface area contributed by atoms with Gasteiger partial charge in [0.05, 0.1) is 13.2 Å². The van der Waals surface area contributed by atoms with Crippen molar-refractivity contribution < 1.29 is 28.6 Å². The van der Waals surface area contributed by atoms with Crippen molar-refractivity contribution in [3.05, 3.63) is 12.7 Å². The monoisotopic (exact) mass is 328 g/mol. The van der Waals surface area contributed by atoms with Gasteiger partial charge >= 0.3 is 18.2 Å². The summed E-state index contributed by atoms with van der Waals surface area (Å²) >= 11 is 0. The fourth-order valence-corrected chi connectivity index (χ4v) is 2.17. The van der Waals surface area contributed by atoms with E-state index < -0.39 is 35.8 Å². The van der Waals surface area contributed by atoms with Gasteiger partial charge in [0.25, 0.3) is 0 Å². The van der Waals surface area contributed by atoms with E-state index in [1.165, 1.54) is 18.1 Å². The van der Waals surface area contributed by atoms with Crippen molar-refractivity contribution in [2.24, 2.45) is 0 Å². The fourth-order valence-electron chi connectivity index (χ4n) is 2.17. The van der Waals surface area contributed by atoms with Gasteiger partial charge < -0.3 is 19.5 Å². The maximum Gasteiger partial charge on any atom is 0.411 e. The number of hydrogen-bond donors (Lipinski definition) is 1. The summed E-state index contributed by atoms with van der Waals surface area (Å²) in [5.74, 6) is -0.556. The highest BCUT2D eigenvalue weighted by molar-refractivity contribution is 5.82. The molecule has 1 aliphatic rings. The number of alkyl carbamates (subject to hydrolysis) is 1. The number of carbonyl (C=O) groups excluding carboxylic acids is 3. The van der Waals surface area contributed by atoms with Crippen molar-refractivity contribution in [2.45, 2.75) is 44.9 Å². The van der Waals surface area contributed by atoms with Crippen LogP contribution in [0.4, 0.5) is 9.59 Å². The Bertz CT molecular complexity index is 471. The van der Waals surface area contributed by atoms with Gasteiger partial charge in [-0.3, -0.25) is 4.90 Å². The number of ether oxygens (including phenoxy) is 3. The number of likely N-dealkylation sites (tertiary alicyclic amines) is 1. The molecule has 0 spiro atoms. The van der Waals surface area contributed by atoms with Crippen LogP contribution < -0.4 is 5.32 Å². The summed E-state index contributed by atoms with van der Waals surface area (Å²) in [6, 6.07) is -1.23. The van der Waals surface area contributed by atoms with E-state index in [4.69, 9.17) is 14.2 Å². The number of nitrogens with zero attached hydrogens (tertiary/aromatic N) is 1. The summed E-state index contributed by atoms with van der Waals surface area (Å²) in [7, 11) is 1.24. The molecule has 8 heteroatoms. The minimum atomic E-state index is -0.806. The van der Waals surface area contributed by atoms with E-state index in [9.17, 15) is 14.4 Å². The van der Waals surface area contributed by atoms with Gasteiger partial charge in [0.15, 0.2) is 0 Å². The lowest BCUT2D eigenvalue weighted by Gasteiger charge is -2.27. The third-order valence-electron chi connectivity index (χ3n) is 3.06. The van der Waals surface area contributed by atoms with Crippen molar-refractivity contribution >= 4 is 18.2 Å². The van der Waals surface area contributed by atoms with Crippen LogP contribution in [0.1, 0.15) is 27.2 Å². The maximum absolute atomic E-state index is 12.2. The van der Waals surface area contributed by atoms with Crippen molar-refractivity contribution in [2.75, 3.05) is 20.3 Å². The van der Waals surface area contributed by atoms with E-state index in [2.05, 4.69) is 11.9 Å². The summed E-state index contributed by atoms with van der Waals surface area (Å²) in [5, 5.41) is 2.60. The van der Waals surface area contributed by atoms with Crippen LogP contribution in [0.3, 0.4) is 0 Å². The quantitative estimate of drug-likeness (QED) is 0.477. The van der Waals surface area contributed by atoms with Crippen LogP contribution in [0.25, 0.3) is 0 Å². The molecule has 0 aromatic rings. The predicted molar refractivity (Wildman–Crippen MR) is 81.8 cm³/mol. The number of esters is 1. The summed E-state index contributed by atoms with van der Waals surface area (Å²) in [5.41, 5.74) is -0.688. The second-order valence-corrected chi connectivity index (χ2v) is 6.14. The number of amides is 2. The highest BCUT2D eigenvalue weighted by atomic mass is 16.6. The van der Waals surface area contributed by atoms with E-state index in [0.717, 1.165) is 0 Å². The van der Waals surface area contributed by atoms with E-state index in [0.29, 0.717) is 0 Å². The van der Waals surface area contributed by atoms with Crippen molar-refractivity contribution in [1.29, 1.82) is 0 Å². The van der Waals surface area contributed by atoms with Crippen LogP contribution in [0, 0.1) is 0 Å².